The molecule has 0 fully saturated rings. The summed E-state index contributed by atoms with van der Waals surface area (Å²) >= 11 is 0. The van der Waals surface area contributed by atoms with Crippen LogP contribution in [-0.2, 0) is 6.54 Å². The standard InChI is InChI=1S/C15H16N4O/c1-3-16-9-15-17-7-6-12(19-15)11-4-5-13-14(8-11)20-10(2)18-13/h4-8,16H,3,9H2,1-2H3. The van der Waals surface area contributed by atoms with Crippen LogP contribution < -0.4 is 5.32 Å². The molecule has 0 spiro atoms. The molecule has 0 radical (unpaired) electrons. The van der Waals surface area contributed by atoms with Crippen molar-refractivity contribution in [3.63, 3.8) is 0 Å². The van der Waals surface area contributed by atoms with Crippen molar-refractivity contribution in [2.75, 3.05) is 6.54 Å². The summed E-state index contributed by atoms with van der Waals surface area (Å²) in [5, 5.41) is 3.22. The smallest absolute Gasteiger partial charge is 0.192 e. The van der Waals surface area contributed by atoms with Gasteiger partial charge in [0.25, 0.3) is 0 Å². The molecule has 1 aromatic carbocycles. The van der Waals surface area contributed by atoms with E-state index in [1.807, 2.05) is 31.2 Å². The van der Waals surface area contributed by atoms with Gasteiger partial charge in [-0.05, 0) is 24.7 Å². The van der Waals surface area contributed by atoms with E-state index >= 15 is 0 Å². The van der Waals surface area contributed by atoms with Crippen molar-refractivity contribution in [3.05, 3.63) is 42.2 Å². The van der Waals surface area contributed by atoms with Crippen molar-refractivity contribution < 1.29 is 4.42 Å². The summed E-state index contributed by atoms with van der Waals surface area (Å²) in [4.78, 5) is 13.1. The van der Waals surface area contributed by atoms with Crippen LogP contribution in [0.1, 0.15) is 18.6 Å². The predicted octanol–water partition coefficient (Wildman–Crippen LogP) is 2.70. The summed E-state index contributed by atoms with van der Waals surface area (Å²) in [5.74, 6) is 1.46. The van der Waals surface area contributed by atoms with Gasteiger partial charge in [-0.1, -0.05) is 13.0 Å². The third kappa shape index (κ3) is 2.53. The van der Waals surface area contributed by atoms with Gasteiger partial charge in [0.2, 0.25) is 0 Å². The Balaban J connectivity index is 1.97. The first-order valence-electron chi connectivity index (χ1n) is 6.66. The highest BCUT2D eigenvalue weighted by Gasteiger charge is 2.06. The first-order chi connectivity index (χ1) is 9.76. The molecule has 0 unspecified atom stereocenters. The molecule has 5 heteroatoms. The van der Waals surface area contributed by atoms with Crippen LogP contribution in [0.3, 0.4) is 0 Å². The zero-order valence-corrected chi connectivity index (χ0v) is 11.6. The van der Waals surface area contributed by atoms with Gasteiger partial charge in [0, 0.05) is 18.7 Å². The quantitative estimate of drug-likeness (QED) is 0.788. The van der Waals surface area contributed by atoms with Crippen LogP contribution in [0.2, 0.25) is 0 Å². The number of hydrogen-bond acceptors (Lipinski definition) is 5. The second-order valence-electron chi connectivity index (χ2n) is 4.55. The van der Waals surface area contributed by atoms with Crippen molar-refractivity contribution in [3.8, 4) is 11.3 Å². The highest BCUT2D eigenvalue weighted by atomic mass is 16.3. The maximum Gasteiger partial charge on any atom is 0.192 e. The van der Waals surface area contributed by atoms with Crippen LogP contribution in [0.25, 0.3) is 22.4 Å². The molecule has 0 aliphatic heterocycles. The number of aromatic nitrogens is 3. The van der Waals surface area contributed by atoms with Crippen LogP contribution in [0.15, 0.2) is 34.9 Å². The lowest BCUT2D eigenvalue weighted by Crippen LogP contribution is -2.14. The molecule has 1 N–H and O–H groups in total. The lowest BCUT2D eigenvalue weighted by molar-refractivity contribution is 0.561. The van der Waals surface area contributed by atoms with Gasteiger partial charge in [-0.2, -0.15) is 0 Å². The highest BCUT2D eigenvalue weighted by molar-refractivity contribution is 5.79. The molecular weight excluding hydrogens is 252 g/mol. The van der Waals surface area contributed by atoms with E-state index < -0.39 is 0 Å². The second kappa shape index (κ2) is 5.38. The van der Waals surface area contributed by atoms with Gasteiger partial charge in [-0.25, -0.2) is 15.0 Å². The molecule has 3 rings (SSSR count). The molecule has 102 valence electrons. The van der Waals surface area contributed by atoms with Crippen LogP contribution in [0, 0.1) is 6.92 Å². The lowest BCUT2D eigenvalue weighted by Gasteiger charge is -2.04. The molecule has 5 nitrogen and oxygen atoms in total. The van der Waals surface area contributed by atoms with Gasteiger partial charge >= 0.3 is 0 Å². The van der Waals surface area contributed by atoms with E-state index in [2.05, 4.69) is 27.2 Å². The van der Waals surface area contributed by atoms with E-state index in [-0.39, 0.29) is 0 Å². The number of hydrogen-bond donors (Lipinski definition) is 1. The average Bonchev–Trinajstić information content (AvgIpc) is 2.84. The molecule has 0 saturated heterocycles. The summed E-state index contributed by atoms with van der Waals surface area (Å²) in [5.41, 5.74) is 3.55. The fourth-order valence-corrected chi connectivity index (χ4v) is 2.08. The number of nitrogens with zero attached hydrogens (tertiary/aromatic N) is 3. The van der Waals surface area contributed by atoms with Gasteiger partial charge in [-0.15, -0.1) is 0 Å². The SMILES string of the molecule is CCNCc1nccc(-c2ccc3nc(C)oc3c2)n1. The molecule has 20 heavy (non-hydrogen) atoms. The summed E-state index contributed by atoms with van der Waals surface area (Å²) < 4.78 is 5.56. The van der Waals surface area contributed by atoms with E-state index in [4.69, 9.17) is 4.42 Å². The third-order valence-corrected chi connectivity index (χ3v) is 3.03. The monoisotopic (exact) mass is 268 g/mol. The first kappa shape index (κ1) is 12.7. The summed E-state index contributed by atoms with van der Waals surface area (Å²) in [6, 6.07) is 7.82. The molecule has 2 heterocycles. The minimum atomic E-state index is 0.674. The van der Waals surface area contributed by atoms with Crippen molar-refractivity contribution >= 4 is 11.1 Å². The fourth-order valence-electron chi connectivity index (χ4n) is 2.08. The molecule has 0 bridgehead atoms. The number of benzene rings is 1. The van der Waals surface area contributed by atoms with E-state index in [9.17, 15) is 0 Å². The number of aryl methyl sites for hydroxylation is 1. The zero-order valence-electron chi connectivity index (χ0n) is 11.6. The molecule has 2 aromatic heterocycles. The minimum absolute atomic E-state index is 0.674. The van der Waals surface area contributed by atoms with Crippen LogP contribution in [0.4, 0.5) is 0 Å². The Morgan fingerprint density at radius 2 is 2.10 bits per heavy atom. The van der Waals surface area contributed by atoms with Crippen molar-refractivity contribution in [2.45, 2.75) is 20.4 Å². The second-order valence-corrected chi connectivity index (χ2v) is 4.55. The van der Waals surface area contributed by atoms with Gasteiger partial charge in [0.1, 0.15) is 11.3 Å². The van der Waals surface area contributed by atoms with E-state index in [0.717, 1.165) is 34.7 Å². The van der Waals surface area contributed by atoms with Crippen LogP contribution in [0.5, 0.6) is 0 Å². The van der Waals surface area contributed by atoms with E-state index in [1.165, 1.54) is 0 Å². The molecule has 3 aromatic rings. The topological polar surface area (TPSA) is 63.8 Å². The van der Waals surface area contributed by atoms with Crippen LogP contribution in [-0.4, -0.2) is 21.5 Å². The zero-order chi connectivity index (χ0) is 13.9. The Bertz CT molecular complexity index is 736. The largest absolute Gasteiger partial charge is 0.441 e. The molecule has 0 saturated carbocycles. The van der Waals surface area contributed by atoms with E-state index in [0.29, 0.717) is 12.4 Å². The number of rotatable bonds is 4. The Hall–Kier alpha value is -2.27. The van der Waals surface area contributed by atoms with Crippen molar-refractivity contribution in [2.24, 2.45) is 0 Å². The Labute approximate surface area is 117 Å². The lowest BCUT2D eigenvalue weighted by atomic mass is 10.1. The van der Waals surface area contributed by atoms with Crippen molar-refractivity contribution in [1.29, 1.82) is 0 Å². The normalized spacial score (nSPS) is 11.1. The summed E-state index contributed by atoms with van der Waals surface area (Å²) in [6.45, 7) is 5.48. The minimum Gasteiger partial charge on any atom is -0.441 e. The van der Waals surface area contributed by atoms with Gasteiger partial charge in [0.15, 0.2) is 11.5 Å². The maximum absolute atomic E-state index is 5.56. The van der Waals surface area contributed by atoms with Gasteiger partial charge in [-0.3, -0.25) is 0 Å². The van der Waals surface area contributed by atoms with Gasteiger partial charge < -0.3 is 9.73 Å². The van der Waals surface area contributed by atoms with Crippen molar-refractivity contribution in [1.82, 2.24) is 20.3 Å². The predicted molar refractivity (Wildman–Crippen MR) is 77.2 cm³/mol. The third-order valence-electron chi connectivity index (χ3n) is 3.03. The number of fused-ring (bicyclic) bond motifs is 1. The summed E-state index contributed by atoms with van der Waals surface area (Å²) in [6.07, 6.45) is 1.78. The molecular formula is C15H16N4O. The maximum atomic E-state index is 5.56. The fraction of sp³-hybridized carbons (Fsp3) is 0.267. The highest BCUT2D eigenvalue weighted by Crippen LogP contribution is 2.23. The van der Waals surface area contributed by atoms with Gasteiger partial charge in [0.05, 0.1) is 12.2 Å². The first-order valence-corrected chi connectivity index (χ1v) is 6.66. The Morgan fingerprint density at radius 1 is 1.20 bits per heavy atom. The van der Waals surface area contributed by atoms with Crippen LogP contribution >= 0.6 is 0 Å². The molecule has 0 amide bonds. The molecule has 0 aliphatic rings. The molecule has 0 aliphatic carbocycles. The number of oxazole rings is 1. The number of nitrogens with one attached hydrogen (secondary N) is 1. The summed E-state index contributed by atoms with van der Waals surface area (Å²) in [7, 11) is 0. The Kier molecular flexibility index (Phi) is 3.43. The molecule has 0 atom stereocenters. The average molecular weight is 268 g/mol. The Morgan fingerprint density at radius 3 is 2.95 bits per heavy atom. The van der Waals surface area contributed by atoms with E-state index in [1.54, 1.807) is 6.20 Å².